The molecule has 1 aliphatic heterocycles. The van der Waals surface area contributed by atoms with Crippen molar-refractivity contribution in [1.82, 2.24) is 24.6 Å². The summed E-state index contributed by atoms with van der Waals surface area (Å²) in [7, 11) is 0. The molecule has 0 saturated carbocycles. The summed E-state index contributed by atoms with van der Waals surface area (Å²) in [6.45, 7) is 4.98. The molecule has 6 rings (SSSR count). The number of morpholine rings is 1. The average molecular weight is 456 g/mol. The molecule has 5 aromatic rings. The van der Waals surface area contributed by atoms with Crippen LogP contribution < -0.4 is 10.2 Å². The van der Waals surface area contributed by atoms with Gasteiger partial charge in [0, 0.05) is 42.6 Å². The summed E-state index contributed by atoms with van der Waals surface area (Å²) in [4.78, 5) is 11.4. The first-order valence-corrected chi connectivity index (χ1v) is 11.3. The second-order valence-electron chi connectivity index (χ2n) is 8.47. The fourth-order valence-corrected chi connectivity index (χ4v) is 4.42. The van der Waals surface area contributed by atoms with E-state index in [-0.39, 0.29) is 0 Å². The SMILES string of the molecule is CC(O)c1[nH]nc2cc(-c3cc(Nc4ccc(N5CCOCC5)cn4)c4nccn4c3)ccc12. The van der Waals surface area contributed by atoms with E-state index in [0.29, 0.717) is 0 Å². The number of aromatic amines is 1. The fourth-order valence-electron chi connectivity index (χ4n) is 4.42. The van der Waals surface area contributed by atoms with Crippen LogP contribution in [0.15, 0.2) is 61.2 Å². The molecule has 1 atom stereocenters. The first-order valence-electron chi connectivity index (χ1n) is 11.3. The standard InChI is InChI=1S/C25H25N7O2/c1-16(33)24-20-4-2-17(12-21(20)29-30-24)18-13-22(25-26-6-7-32(25)15-18)28-23-5-3-19(14-27-23)31-8-10-34-11-9-31/h2-7,12-16,33H,8-11H2,1H3,(H,27,28)(H,29,30). The van der Waals surface area contributed by atoms with Crippen LogP contribution in [0.4, 0.5) is 17.2 Å². The largest absolute Gasteiger partial charge is 0.387 e. The van der Waals surface area contributed by atoms with Crippen molar-refractivity contribution < 1.29 is 9.84 Å². The number of H-pyrrole nitrogens is 1. The van der Waals surface area contributed by atoms with E-state index in [9.17, 15) is 5.11 Å². The highest BCUT2D eigenvalue weighted by molar-refractivity contribution is 5.88. The molecule has 9 nitrogen and oxygen atoms in total. The molecule has 0 amide bonds. The van der Waals surface area contributed by atoms with Gasteiger partial charge in [-0.25, -0.2) is 9.97 Å². The van der Waals surface area contributed by atoms with E-state index in [1.165, 1.54) is 0 Å². The number of pyridine rings is 2. The van der Waals surface area contributed by atoms with Crippen molar-refractivity contribution in [2.24, 2.45) is 0 Å². The molecule has 1 unspecified atom stereocenters. The van der Waals surface area contributed by atoms with Gasteiger partial charge < -0.3 is 24.5 Å². The smallest absolute Gasteiger partial charge is 0.160 e. The first-order chi connectivity index (χ1) is 16.7. The lowest BCUT2D eigenvalue weighted by atomic mass is 10.0. The second kappa shape index (κ2) is 8.44. The minimum Gasteiger partial charge on any atom is -0.387 e. The zero-order valence-corrected chi connectivity index (χ0v) is 18.8. The van der Waals surface area contributed by atoms with Crippen molar-refractivity contribution in [3.63, 3.8) is 0 Å². The number of nitrogens with one attached hydrogen (secondary N) is 2. The summed E-state index contributed by atoms with van der Waals surface area (Å²) in [5.41, 5.74) is 6.35. The van der Waals surface area contributed by atoms with Crippen LogP contribution in [0.3, 0.4) is 0 Å². The molecular formula is C25H25N7O2. The molecule has 3 N–H and O–H groups in total. The zero-order chi connectivity index (χ0) is 23.1. The second-order valence-corrected chi connectivity index (χ2v) is 8.47. The topological polar surface area (TPSA) is 104 Å². The maximum atomic E-state index is 9.96. The van der Waals surface area contributed by atoms with Crippen molar-refractivity contribution in [3.05, 3.63) is 66.9 Å². The van der Waals surface area contributed by atoms with Crippen LogP contribution in [0, 0.1) is 0 Å². The van der Waals surface area contributed by atoms with Gasteiger partial charge in [-0.2, -0.15) is 5.10 Å². The molecule has 9 heteroatoms. The van der Waals surface area contributed by atoms with Crippen molar-refractivity contribution in [2.75, 3.05) is 36.5 Å². The Morgan fingerprint density at radius 3 is 2.76 bits per heavy atom. The van der Waals surface area contributed by atoms with Crippen LogP contribution in [-0.4, -0.2) is 56.0 Å². The summed E-state index contributed by atoms with van der Waals surface area (Å²) in [6, 6.07) is 12.2. The molecular weight excluding hydrogens is 430 g/mol. The van der Waals surface area contributed by atoms with Crippen molar-refractivity contribution in [3.8, 4) is 11.1 Å². The summed E-state index contributed by atoms with van der Waals surface area (Å²) in [6.07, 6.45) is 7.05. The summed E-state index contributed by atoms with van der Waals surface area (Å²) >= 11 is 0. The van der Waals surface area contributed by atoms with Gasteiger partial charge in [0.1, 0.15) is 5.82 Å². The number of nitrogens with zero attached hydrogens (tertiary/aromatic N) is 5. The van der Waals surface area contributed by atoms with E-state index >= 15 is 0 Å². The third kappa shape index (κ3) is 3.74. The van der Waals surface area contributed by atoms with Gasteiger partial charge in [-0.15, -0.1) is 0 Å². The number of aliphatic hydroxyl groups excluding tert-OH is 1. The highest BCUT2D eigenvalue weighted by Gasteiger charge is 2.14. The van der Waals surface area contributed by atoms with E-state index in [4.69, 9.17) is 4.74 Å². The lowest BCUT2D eigenvalue weighted by Gasteiger charge is -2.28. The van der Waals surface area contributed by atoms with Gasteiger partial charge in [0.2, 0.25) is 0 Å². The minimum atomic E-state index is -0.601. The quantitative estimate of drug-likeness (QED) is 0.369. The highest BCUT2D eigenvalue weighted by atomic mass is 16.5. The lowest BCUT2D eigenvalue weighted by Crippen LogP contribution is -2.36. The third-order valence-electron chi connectivity index (χ3n) is 6.21. The minimum absolute atomic E-state index is 0.601. The number of imidazole rings is 1. The van der Waals surface area contributed by atoms with Gasteiger partial charge in [0.05, 0.1) is 48.1 Å². The Kier molecular flexibility index (Phi) is 5.12. The van der Waals surface area contributed by atoms with Gasteiger partial charge in [0.25, 0.3) is 0 Å². The summed E-state index contributed by atoms with van der Waals surface area (Å²) < 4.78 is 7.44. The molecule has 0 aliphatic carbocycles. The van der Waals surface area contributed by atoms with E-state index < -0.39 is 6.10 Å². The zero-order valence-electron chi connectivity index (χ0n) is 18.8. The van der Waals surface area contributed by atoms with Crippen LogP contribution in [0.2, 0.25) is 0 Å². The highest BCUT2D eigenvalue weighted by Crippen LogP contribution is 2.31. The molecule has 34 heavy (non-hydrogen) atoms. The maximum absolute atomic E-state index is 9.96. The number of aromatic nitrogens is 5. The van der Waals surface area contributed by atoms with Crippen molar-refractivity contribution in [1.29, 1.82) is 0 Å². The normalized spacial score (nSPS) is 15.2. The van der Waals surface area contributed by atoms with Crippen LogP contribution in [0.5, 0.6) is 0 Å². The van der Waals surface area contributed by atoms with Crippen LogP contribution in [0.1, 0.15) is 18.7 Å². The molecule has 1 saturated heterocycles. The monoisotopic (exact) mass is 455 g/mol. The first kappa shape index (κ1) is 20.6. The van der Waals surface area contributed by atoms with E-state index in [2.05, 4.69) is 42.5 Å². The number of hydrogen-bond acceptors (Lipinski definition) is 7. The van der Waals surface area contributed by atoms with Crippen LogP contribution in [-0.2, 0) is 4.74 Å². The number of rotatable bonds is 5. The van der Waals surface area contributed by atoms with Gasteiger partial charge in [-0.05, 0) is 36.8 Å². The van der Waals surface area contributed by atoms with Crippen molar-refractivity contribution >= 4 is 33.7 Å². The fraction of sp³-hybridized carbons (Fsp3) is 0.240. The summed E-state index contributed by atoms with van der Waals surface area (Å²) in [5.74, 6) is 0.753. The Bertz CT molecular complexity index is 1450. The Morgan fingerprint density at radius 2 is 1.97 bits per heavy atom. The average Bonchev–Trinajstić information content (AvgIpc) is 3.52. The van der Waals surface area contributed by atoms with E-state index in [1.54, 1.807) is 13.1 Å². The number of benzene rings is 1. The number of fused-ring (bicyclic) bond motifs is 2. The molecule has 4 aromatic heterocycles. The number of hydrogen-bond donors (Lipinski definition) is 3. The third-order valence-corrected chi connectivity index (χ3v) is 6.21. The van der Waals surface area contributed by atoms with Gasteiger partial charge in [0.15, 0.2) is 5.65 Å². The van der Waals surface area contributed by atoms with E-state index in [1.807, 2.05) is 47.3 Å². The number of aliphatic hydroxyl groups is 1. The van der Waals surface area contributed by atoms with Gasteiger partial charge in [-0.1, -0.05) is 12.1 Å². The molecule has 0 spiro atoms. The van der Waals surface area contributed by atoms with E-state index in [0.717, 1.165) is 76.9 Å². The summed E-state index contributed by atoms with van der Waals surface area (Å²) in [5, 5.41) is 21.6. The Hall–Kier alpha value is -3.95. The van der Waals surface area contributed by atoms with Gasteiger partial charge in [-0.3, -0.25) is 5.10 Å². The molecule has 0 radical (unpaired) electrons. The van der Waals surface area contributed by atoms with Crippen LogP contribution in [0.25, 0.3) is 27.7 Å². The van der Waals surface area contributed by atoms with Crippen LogP contribution >= 0.6 is 0 Å². The Balaban J connectivity index is 1.33. The molecule has 0 bridgehead atoms. The van der Waals surface area contributed by atoms with Gasteiger partial charge >= 0.3 is 0 Å². The number of anilines is 3. The molecule has 1 fully saturated rings. The Labute approximate surface area is 196 Å². The lowest BCUT2D eigenvalue weighted by molar-refractivity contribution is 0.122. The predicted octanol–water partition coefficient (Wildman–Crippen LogP) is 3.91. The molecule has 1 aromatic carbocycles. The number of ether oxygens (including phenoxy) is 1. The molecule has 5 heterocycles. The molecule has 172 valence electrons. The Morgan fingerprint density at radius 1 is 1.09 bits per heavy atom. The van der Waals surface area contributed by atoms with Crippen molar-refractivity contribution in [2.45, 2.75) is 13.0 Å². The maximum Gasteiger partial charge on any atom is 0.160 e. The molecule has 1 aliphatic rings. The predicted molar refractivity (Wildman–Crippen MR) is 131 cm³/mol.